The van der Waals surface area contributed by atoms with Gasteiger partial charge in [-0.15, -0.1) is 0 Å². The first kappa shape index (κ1) is 6.98. The highest BCUT2D eigenvalue weighted by molar-refractivity contribution is 5.25. The molecule has 0 aromatic carbocycles. The minimum Gasteiger partial charge on any atom is -0.384 e. The summed E-state index contributed by atoms with van der Waals surface area (Å²) in [7, 11) is 0. The largest absolute Gasteiger partial charge is 0.384 e. The van der Waals surface area contributed by atoms with Gasteiger partial charge >= 0.3 is 0 Å². The van der Waals surface area contributed by atoms with Gasteiger partial charge in [0.1, 0.15) is 12.4 Å². The number of halogens is 2. The van der Waals surface area contributed by atoms with Crippen LogP contribution in [-0.2, 0) is 6.54 Å². The van der Waals surface area contributed by atoms with Gasteiger partial charge in [-0.25, -0.2) is 13.5 Å². The molecule has 1 aromatic heterocycles. The first-order valence-corrected chi connectivity index (χ1v) is 2.75. The van der Waals surface area contributed by atoms with Gasteiger partial charge in [-0.3, -0.25) is 0 Å². The van der Waals surface area contributed by atoms with Crippen LogP contribution in [0.15, 0.2) is 12.3 Å². The molecule has 0 saturated heterocycles. The zero-order chi connectivity index (χ0) is 7.56. The molecule has 0 aliphatic carbocycles. The zero-order valence-electron chi connectivity index (χ0n) is 5.17. The fraction of sp³-hybridized carbons (Fsp3) is 0.400. The van der Waals surface area contributed by atoms with Crippen LogP contribution in [0.2, 0.25) is 0 Å². The highest BCUT2D eigenvalue weighted by Gasteiger charge is 2.05. The summed E-state index contributed by atoms with van der Waals surface area (Å²) in [5, 5.41) is 3.57. The highest BCUT2D eigenvalue weighted by Crippen LogP contribution is 2.03. The van der Waals surface area contributed by atoms with Crippen LogP contribution < -0.4 is 5.73 Å². The maximum atomic E-state index is 11.7. The number of hydrogen-bond donors (Lipinski definition) is 1. The van der Waals surface area contributed by atoms with Crippen LogP contribution in [0.1, 0.15) is 0 Å². The van der Waals surface area contributed by atoms with Gasteiger partial charge in [0.05, 0.1) is 6.20 Å². The summed E-state index contributed by atoms with van der Waals surface area (Å²) in [5.41, 5.74) is 5.26. The molecular formula is C5H7F2N3. The molecular weight excluding hydrogens is 140 g/mol. The molecule has 1 rings (SSSR count). The van der Waals surface area contributed by atoms with Crippen molar-refractivity contribution in [2.45, 2.75) is 13.0 Å². The van der Waals surface area contributed by atoms with Crippen molar-refractivity contribution in [1.82, 2.24) is 9.78 Å². The lowest BCUT2D eigenvalue weighted by Gasteiger charge is -2.00. The van der Waals surface area contributed by atoms with Gasteiger partial charge in [0.2, 0.25) is 0 Å². The first-order valence-electron chi connectivity index (χ1n) is 2.75. The van der Waals surface area contributed by atoms with Crippen LogP contribution in [0.3, 0.4) is 0 Å². The van der Waals surface area contributed by atoms with E-state index < -0.39 is 13.0 Å². The van der Waals surface area contributed by atoms with Crippen molar-refractivity contribution in [2.75, 3.05) is 5.73 Å². The maximum Gasteiger partial charge on any atom is 0.258 e. The monoisotopic (exact) mass is 147 g/mol. The van der Waals surface area contributed by atoms with Crippen LogP contribution in [0.25, 0.3) is 0 Å². The molecule has 0 amide bonds. The van der Waals surface area contributed by atoms with Crippen molar-refractivity contribution >= 4 is 5.82 Å². The molecule has 0 unspecified atom stereocenters. The molecule has 0 radical (unpaired) electrons. The van der Waals surface area contributed by atoms with E-state index in [-0.39, 0.29) is 5.82 Å². The normalized spacial score (nSPS) is 10.7. The summed E-state index contributed by atoms with van der Waals surface area (Å²) in [4.78, 5) is 0. The van der Waals surface area contributed by atoms with E-state index in [1.54, 1.807) is 0 Å². The van der Waals surface area contributed by atoms with Crippen molar-refractivity contribution in [3.63, 3.8) is 0 Å². The summed E-state index contributed by atoms with van der Waals surface area (Å²) in [5.74, 6) is 0.264. The lowest BCUT2D eigenvalue weighted by Crippen LogP contribution is -2.10. The van der Waals surface area contributed by atoms with Gasteiger partial charge in [0, 0.05) is 0 Å². The number of rotatable bonds is 2. The molecule has 2 N–H and O–H groups in total. The average molecular weight is 147 g/mol. The molecule has 3 nitrogen and oxygen atoms in total. The minimum atomic E-state index is -2.40. The molecule has 56 valence electrons. The number of alkyl halides is 2. The van der Waals surface area contributed by atoms with Gasteiger partial charge < -0.3 is 5.73 Å². The number of anilines is 1. The van der Waals surface area contributed by atoms with E-state index in [0.29, 0.717) is 0 Å². The third-order valence-corrected chi connectivity index (χ3v) is 1.06. The second kappa shape index (κ2) is 2.64. The lowest BCUT2D eigenvalue weighted by atomic mass is 10.6. The Labute approximate surface area is 56.4 Å². The van der Waals surface area contributed by atoms with Crippen molar-refractivity contribution in [2.24, 2.45) is 0 Å². The predicted molar refractivity (Wildman–Crippen MR) is 32.6 cm³/mol. The van der Waals surface area contributed by atoms with E-state index in [0.717, 1.165) is 4.68 Å². The van der Waals surface area contributed by atoms with Crippen molar-refractivity contribution in [3.05, 3.63) is 12.3 Å². The van der Waals surface area contributed by atoms with E-state index in [1.165, 1.54) is 12.3 Å². The van der Waals surface area contributed by atoms with Gasteiger partial charge in [0.25, 0.3) is 6.43 Å². The van der Waals surface area contributed by atoms with Gasteiger partial charge in [0.15, 0.2) is 0 Å². The first-order chi connectivity index (χ1) is 4.70. The fourth-order valence-corrected chi connectivity index (χ4v) is 0.626. The topological polar surface area (TPSA) is 43.8 Å². The molecule has 0 fully saturated rings. The number of aromatic nitrogens is 2. The third-order valence-electron chi connectivity index (χ3n) is 1.06. The van der Waals surface area contributed by atoms with E-state index in [9.17, 15) is 8.78 Å². The maximum absolute atomic E-state index is 11.7. The molecule has 1 heterocycles. The van der Waals surface area contributed by atoms with Crippen LogP contribution in [0.5, 0.6) is 0 Å². The smallest absolute Gasteiger partial charge is 0.258 e. The van der Waals surface area contributed by atoms with Gasteiger partial charge in [-0.05, 0) is 6.07 Å². The standard InChI is InChI=1S/C5H7F2N3/c6-4(7)3-10-5(8)1-2-9-10/h1-2,4H,3,8H2. The average Bonchev–Trinajstić information content (AvgIpc) is 2.15. The fourth-order valence-electron chi connectivity index (χ4n) is 0.626. The van der Waals surface area contributed by atoms with Crippen molar-refractivity contribution in [3.8, 4) is 0 Å². The Morgan fingerprint density at radius 2 is 2.40 bits per heavy atom. The second-order valence-electron chi connectivity index (χ2n) is 1.83. The van der Waals surface area contributed by atoms with Crippen LogP contribution in [0, 0.1) is 0 Å². The van der Waals surface area contributed by atoms with E-state index in [2.05, 4.69) is 5.10 Å². The number of nitrogens with two attached hydrogens (primary N) is 1. The number of nitrogens with zero attached hydrogens (tertiary/aromatic N) is 2. The lowest BCUT2D eigenvalue weighted by molar-refractivity contribution is 0.122. The Morgan fingerprint density at radius 3 is 2.80 bits per heavy atom. The van der Waals surface area contributed by atoms with Gasteiger partial charge in [-0.1, -0.05) is 0 Å². The molecule has 5 heteroatoms. The van der Waals surface area contributed by atoms with E-state index in [4.69, 9.17) is 5.73 Å². The summed E-state index contributed by atoms with van der Waals surface area (Å²) in [6.45, 7) is -0.432. The Kier molecular flexibility index (Phi) is 1.84. The van der Waals surface area contributed by atoms with E-state index in [1.807, 2.05) is 0 Å². The molecule has 10 heavy (non-hydrogen) atoms. The number of hydrogen-bond acceptors (Lipinski definition) is 2. The SMILES string of the molecule is Nc1ccnn1CC(F)F. The Bertz CT molecular complexity index is 208. The molecule has 0 atom stereocenters. The zero-order valence-corrected chi connectivity index (χ0v) is 5.17. The van der Waals surface area contributed by atoms with Gasteiger partial charge in [-0.2, -0.15) is 5.10 Å². The summed E-state index contributed by atoms with van der Waals surface area (Å²) in [6, 6.07) is 1.47. The minimum absolute atomic E-state index is 0.264. The predicted octanol–water partition coefficient (Wildman–Crippen LogP) is 0.730. The number of nitrogen functional groups attached to an aromatic ring is 1. The molecule has 0 spiro atoms. The Balaban J connectivity index is 2.65. The summed E-state index contributed by atoms with van der Waals surface area (Å²) >= 11 is 0. The quantitative estimate of drug-likeness (QED) is 0.670. The Morgan fingerprint density at radius 1 is 1.70 bits per heavy atom. The Hall–Kier alpha value is -1.13. The van der Waals surface area contributed by atoms with Crippen molar-refractivity contribution < 1.29 is 8.78 Å². The van der Waals surface area contributed by atoms with Crippen LogP contribution >= 0.6 is 0 Å². The van der Waals surface area contributed by atoms with Crippen LogP contribution in [0.4, 0.5) is 14.6 Å². The molecule has 1 aromatic rings. The molecule has 0 aliphatic rings. The van der Waals surface area contributed by atoms with E-state index >= 15 is 0 Å². The summed E-state index contributed by atoms with van der Waals surface area (Å²) in [6.07, 6.45) is -1.01. The van der Waals surface area contributed by atoms with Crippen LogP contribution in [-0.4, -0.2) is 16.2 Å². The molecule has 0 aliphatic heterocycles. The highest BCUT2D eigenvalue weighted by atomic mass is 19.3. The second-order valence-corrected chi connectivity index (χ2v) is 1.83. The summed E-state index contributed by atoms with van der Waals surface area (Å²) < 4.78 is 24.4. The van der Waals surface area contributed by atoms with Crippen molar-refractivity contribution in [1.29, 1.82) is 0 Å². The molecule has 0 bridgehead atoms. The third kappa shape index (κ3) is 1.43. The molecule has 0 saturated carbocycles.